The molecule has 0 fully saturated rings. The number of nitrogens with zero attached hydrogens (tertiary/aromatic N) is 2. The van der Waals surface area contributed by atoms with Crippen molar-refractivity contribution in [1.29, 1.82) is 5.26 Å². The van der Waals surface area contributed by atoms with Gasteiger partial charge in [-0.1, -0.05) is 6.92 Å². The van der Waals surface area contributed by atoms with Gasteiger partial charge in [-0.05, 0) is 18.1 Å². The first-order valence-corrected chi connectivity index (χ1v) is 6.78. The Morgan fingerprint density at radius 2 is 2.12 bits per heavy atom. The molecule has 90 valence electrons. The molecule has 0 amide bonds. The zero-order valence-corrected chi connectivity index (χ0v) is 10.2. The van der Waals surface area contributed by atoms with Crippen LogP contribution in [0.2, 0.25) is 0 Å². The van der Waals surface area contributed by atoms with Gasteiger partial charge in [0.05, 0.1) is 4.92 Å². The molecule has 0 aliphatic rings. The number of nitriles is 1. The third-order valence-corrected chi connectivity index (χ3v) is 3.47. The van der Waals surface area contributed by atoms with E-state index in [-0.39, 0.29) is 0 Å². The maximum atomic E-state index is 11.2. The fourth-order valence-electron chi connectivity index (χ4n) is 1.31. The van der Waals surface area contributed by atoms with E-state index < -0.39 is 30.1 Å². The number of halogens is 1. The van der Waals surface area contributed by atoms with Gasteiger partial charge in [-0.25, -0.2) is 8.42 Å². The van der Waals surface area contributed by atoms with Crippen molar-refractivity contribution in [3.63, 3.8) is 0 Å². The highest BCUT2D eigenvalue weighted by molar-refractivity contribution is 8.13. The second kappa shape index (κ2) is 4.69. The number of rotatable bonds is 3. The summed E-state index contributed by atoms with van der Waals surface area (Å²) in [5, 5.41) is 19.5. The molecule has 0 radical (unpaired) electrons. The van der Waals surface area contributed by atoms with E-state index in [1.165, 1.54) is 18.2 Å². The lowest BCUT2D eigenvalue weighted by atomic mass is 10.1. The van der Waals surface area contributed by atoms with Crippen LogP contribution in [0.5, 0.6) is 0 Å². The molecule has 0 atom stereocenters. The van der Waals surface area contributed by atoms with Crippen LogP contribution in [0.1, 0.15) is 18.1 Å². The fourth-order valence-corrected chi connectivity index (χ4v) is 2.36. The minimum absolute atomic E-state index is 0.395. The molecule has 0 unspecified atom stereocenters. The lowest BCUT2D eigenvalue weighted by Crippen LogP contribution is -2.02. The van der Waals surface area contributed by atoms with E-state index in [4.69, 9.17) is 15.9 Å². The molecule has 1 rings (SSSR count). The minimum atomic E-state index is -4.19. The van der Waals surface area contributed by atoms with Gasteiger partial charge >= 0.3 is 0 Å². The Kier molecular flexibility index (Phi) is 3.70. The van der Waals surface area contributed by atoms with E-state index in [0.717, 1.165) is 0 Å². The summed E-state index contributed by atoms with van der Waals surface area (Å²) >= 11 is 0. The third kappa shape index (κ3) is 2.72. The fraction of sp³-hybridized carbons (Fsp3) is 0.222. The highest BCUT2D eigenvalue weighted by atomic mass is 35.7. The molecule has 1 aromatic carbocycles. The maximum Gasteiger partial charge on any atom is 0.288 e. The zero-order chi connectivity index (χ0) is 13.2. The summed E-state index contributed by atoms with van der Waals surface area (Å²) in [5.74, 6) is 0. The van der Waals surface area contributed by atoms with Crippen molar-refractivity contribution < 1.29 is 13.3 Å². The Morgan fingerprint density at radius 1 is 1.53 bits per heavy atom. The number of nitro benzene ring substituents is 1. The van der Waals surface area contributed by atoms with Crippen molar-refractivity contribution in [2.75, 3.05) is 0 Å². The second-order valence-corrected chi connectivity index (χ2v) is 5.68. The summed E-state index contributed by atoms with van der Waals surface area (Å²) in [6.07, 6.45) is 0.395. The highest BCUT2D eigenvalue weighted by Crippen LogP contribution is 2.29. The van der Waals surface area contributed by atoms with Gasteiger partial charge in [0.1, 0.15) is 16.5 Å². The summed E-state index contributed by atoms with van der Waals surface area (Å²) in [4.78, 5) is 9.42. The Bertz CT molecular complexity index is 619. The molecule has 0 spiro atoms. The average Bonchev–Trinajstić information content (AvgIpc) is 2.25. The van der Waals surface area contributed by atoms with Crippen molar-refractivity contribution in [2.45, 2.75) is 18.2 Å². The predicted molar refractivity (Wildman–Crippen MR) is 60.2 cm³/mol. The van der Waals surface area contributed by atoms with Crippen LogP contribution < -0.4 is 0 Å². The Morgan fingerprint density at radius 3 is 2.47 bits per heavy atom. The molecule has 17 heavy (non-hydrogen) atoms. The van der Waals surface area contributed by atoms with Crippen LogP contribution in [-0.2, 0) is 15.5 Å². The van der Waals surface area contributed by atoms with Crippen LogP contribution in [0.15, 0.2) is 17.0 Å². The van der Waals surface area contributed by atoms with Gasteiger partial charge in [0, 0.05) is 16.7 Å². The number of aryl methyl sites for hydroxylation is 1. The molecule has 0 aliphatic carbocycles. The van der Waals surface area contributed by atoms with E-state index in [9.17, 15) is 18.5 Å². The van der Waals surface area contributed by atoms with Crippen molar-refractivity contribution in [3.05, 3.63) is 33.4 Å². The molecule has 0 saturated heterocycles. The first-order chi connectivity index (χ1) is 7.81. The van der Waals surface area contributed by atoms with Gasteiger partial charge < -0.3 is 0 Å². The molecular weight excluding hydrogens is 268 g/mol. The van der Waals surface area contributed by atoms with E-state index in [2.05, 4.69) is 0 Å². The van der Waals surface area contributed by atoms with Crippen LogP contribution in [0.25, 0.3) is 0 Å². The molecule has 0 saturated carbocycles. The number of hydrogen-bond donors (Lipinski definition) is 0. The molecule has 1 aromatic rings. The van der Waals surface area contributed by atoms with E-state index >= 15 is 0 Å². The zero-order valence-electron chi connectivity index (χ0n) is 8.68. The van der Waals surface area contributed by atoms with Gasteiger partial charge in [0.25, 0.3) is 14.7 Å². The minimum Gasteiger partial charge on any atom is -0.258 e. The maximum absolute atomic E-state index is 11.2. The van der Waals surface area contributed by atoms with Crippen molar-refractivity contribution in [3.8, 4) is 6.07 Å². The summed E-state index contributed by atoms with van der Waals surface area (Å²) in [7, 11) is 0.958. The van der Waals surface area contributed by atoms with Crippen molar-refractivity contribution in [1.82, 2.24) is 0 Å². The summed E-state index contributed by atoms with van der Waals surface area (Å²) < 4.78 is 22.5. The first kappa shape index (κ1) is 13.4. The Labute approximate surface area is 102 Å². The molecule has 0 heterocycles. The Hall–Kier alpha value is -1.65. The summed E-state index contributed by atoms with van der Waals surface area (Å²) in [6.45, 7) is 1.70. The quantitative estimate of drug-likeness (QED) is 0.476. The second-order valence-electron chi connectivity index (χ2n) is 3.15. The number of nitro groups is 1. The van der Waals surface area contributed by atoms with Gasteiger partial charge in [-0.2, -0.15) is 5.26 Å². The van der Waals surface area contributed by atoms with Crippen LogP contribution in [-0.4, -0.2) is 13.3 Å². The summed E-state index contributed by atoms with van der Waals surface area (Å²) in [6, 6.07) is 3.84. The molecule has 0 aromatic heterocycles. The SMILES string of the molecule is CCc1cc([N+](=O)[O-])c(C#N)c(S(=O)(=O)Cl)c1. The van der Waals surface area contributed by atoms with Gasteiger partial charge in [-0.3, -0.25) is 10.1 Å². The lowest BCUT2D eigenvalue weighted by Gasteiger charge is -2.04. The van der Waals surface area contributed by atoms with E-state index in [0.29, 0.717) is 12.0 Å². The topological polar surface area (TPSA) is 101 Å². The average molecular weight is 275 g/mol. The molecule has 8 heteroatoms. The van der Waals surface area contributed by atoms with Crippen molar-refractivity contribution >= 4 is 25.4 Å². The smallest absolute Gasteiger partial charge is 0.258 e. The normalized spacial score (nSPS) is 10.9. The Balaban J connectivity index is 3.77. The summed E-state index contributed by atoms with van der Waals surface area (Å²) in [5.41, 5.74) is -0.664. The molecule has 0 bridgehead atoms. The van der Waals surface area contributed by atoms with E-state index in [1.54, 1.807) is 6.92 Å². The van der Waals surface area contributed by atoms with E-state index in [1.807, 2.05) is 0 Å². The molecule has 0 aliphatic heterocycles. The van der Waals surface area contributed by atoms with Gasteiger partial charge in [-0.15, -0.1) is 0 Å². The number of benzene rings is 1. The van der Waals surface area contributed by atoms with Crippen LogP contribution in [0.4, 0.5) is 5.69 Å². The van der Waals surface area contributed by atoms with Crippen LogP contribution >= 0.6 is 10.7 Å². The first-order valence-electron chi connectivity index (χ1n) is 4.47. The van der Waals surface area contributed by atoms with Gasteiger partial charge in [0.2, 0.25) is 0 Å². The highest BCUT2D eigenvalue weighted by Gasteiger charge is 2.25. The number of hydrogen-bond acceptors (Lipinski definition) is 5. The van der Waals surface area contributed by atoms with Crippen molar-refractivity contribution in [2.24, 2.45) is 0 Å². The van der Waals surface area contributed by atoms with Crippen LogP contribution in [0.3, 0.4) is 0 Å². The van der Waals surface area contributed by atoms with Crippen LogP contribution in [0, 0.1) is 21.4 Å². The molecule has 6 nitrogen and oxygen atoms in total. The predicted octanol–water partition coefficient (Wildman–Crippen LogP) is 1.96. The largest absolute Gasteiger partial charge is 0.288 e. The third-order valence-electron chi connectivity index (χ3n) is 2.12. The monoisotopic (exact) mass is 274 g/mol. The standard InChI is InChI=1S/C9H7ClN2O4S/c1-2-6-3-8(12(13)14)7(5-11)9(4-6)17(10,15)16/h3-4H,2H2,1H3. The molecular formula is C9H7ClN2O4S. The lowest BCUT2D eigenvalue weighted by molar-refractivity contribution is -0.385. The van der Waals surface area contributed by atoms with Gasteiger partial charge in [0.15, 0.2) is 0 Å². The molecule has 0 N–H and O–H groups in total.